The first-order valence-corrected chi connectivity index (χ1v) is 7.23. The minimum absolute atomic E-state index is 0. The molecule has 1 aliphatic heterocycles. The molecule has 1 unspecified atom stereocenters. The van der Waals surface area contributed by atoms with Crippen LogP contribution in [0.5, 0.6) is 0 Å². The number of benzene rings is 1. The molecule has 1 saturated heterocycles. The van der Waals surface area contributed by atoms with Gasteiger partial charge in [0.25, 0.3) is 5.91 Å². The van der Waals surface area contributed by atoms with Crippen LogP contribution < -0.4 is 10.6 Å². The molecule has 1 heterocycles. The predicted octanol–water partition coefficient (Wildman–Crippen LogP) is 2.84. The molecule has 2 rings (SSSR count). The van der Waals surface area contributed by atoms with E-state index < -0.39 is 0 Å². The van der Waals surface area contributed by atoms with Crippen molar-refractivity contribution in [2.45, 2.75) is 33.1 Å². The van der Waals surface area contributed by atoms with Gasteiger partial charge in [-0.2, -0.15) is 0 Å². The second kappa shape index (κ2) is 8.28. The van der Waals surface area contributed by atoms with Crippen LogP contribution in [0, 0.1) is 19.8 Å². The zero-order chi connectivity index (χ0) is 13.7. The van der Waals surface area contributed by atoms with Gasteiger partial charge in [0.15, 0.2) is 0 Å². The number of amides is 1. The van der Waals surface area contributed by atoms with Crippen LogP contribution in [-0.2, 0) is 0 Å². The van der Waals surface area contributed by atoms with E-state index in [2.05, 4.69) is 10.6 Å². The minimum atomic E-state index is 0. The third-order valence-electron chi connectivity index (χ3n) is 3.95. The Balaban J connectivity index is 0.00000200. The Kier molecular flexibility index (Phi) is 7.03. The molecule has 0 radical (unpaired) electrons. The maximum absolute atomic E-state index is 12.2. The number of carbonyl (C=O) groups excluding carboxylic acids is 1. The first-order valence-electron chi connectivity index (χ1n) is 7.23. The number of halogens is 1. The van der Waals surface area contributed by atoms with E-state index in [1.54, 1.807) is 0 Å². The van der Waals surface area contributed by atoms with Gasteiger partial charge < -0.3 is 10.6 Å². The summed E-state index contributed by atoms with van der Waals surface area (Å²) in [7, 11) is 0. The highest BCUT2D eigenvalue weighted by molar-refractivity contribution is 5.97. The summed E-state index contributed by atoms with van der Waals surface area (Å²) < 4.78 is 0. The number of hydrogen-bond acceptors (Lipinski definition) is 2. The van der Waals surface area contributed by atoms with Crippen molar-refractivity contribution >= 4 is 18.3 Å². The Morgan fingerprint density at radius 1 is 1.35 bits per heavy atom. The summed E-state index contributed by atoms with van der Waals surface area (Å²) in [5, 5.41) is 6.47. The van der Waals surface area contributed by atoms with Crippen LogP contribution in [0.15, 0.2) is 18.2 Å². The number of nitrogens with one attached hydrogen (secondary N) is 2. The van der Waals surface area contributed by atoms with Crippen molar-refractivity contribution in [2.24, 2.45) is 5.92 Å². The van der Waals surface area contributed by atoms with Crippen molar-refractivity contribution in [2.75, 3.05) is 19.6 Å². The van der Waals surface area contributed by atoms with Crippen molar-refractivity contribution in [1.82, 2.24) is 10.6 Å². The largest absolute Gasteiger partial charge is 0.352 e. The summed E-state index contributed by atoms with van der Waals surface area (Å²) in [6, 6.07) is 5.98. The van der Waals surface area contributed by atoms with E-state index in [1.165, 1.54) is 12.8 Å². The zero-order valence-corrected chi connectivity index (χ0v) is 13.2. The second-order valence-corrected chi connectivity index (χ2v) is 5.52. The van der Waals surface area contributed by atoms with Gasteiger partial charge >= 0.3 is 0 Å². The van der Waals surface area contributed by atoms with Gasteiger partial charge in [-0.1, -0.05) is 18.2 Å². The highest BCUT2D eigenvalue weighted by atomic mass is 35.5. The van der Waals surface area contributed by atoms with Crippen LogP contribution in [0.4, 0.5) is 0 Å². The lowest BCUT2D eigenvalue weighted by Crippen LogP contribution is -2.33. The first kappa shape index (κ1) is 17.0. The third kappa shape index (κ3) is 4.50. The SMILES string of the molecule is Cc1cccc(C)c1C(=O)NCCC1CCCNC1.Cl. The molecular weight excluding hydrogens is 272 g/mol. The molecule has 1 aromatic carbocycles. The standard InChI is InChI=1S/C16H24N2O.ClH/c1-12-5-3-6-13(2)15(12)16(19)18-10-8-14-7-4-9-17-11-14;/h3,5-6,14,17H,4,7-11H2,1-2H3,(H,18,19);1H. The lowest BCUT2D eigenvalue weighted by Gasteiger charge is -2.22. The third-order valence-corrected chi connectivity index (χ3v) is 3.95. The summed E-state index contributed by atoms with van der Waals surface area (Å²) in [6.07, 6.45) is 3.62. The topological polar surface area (TPSA) is 41.1 Å². The smallest absolute Gasteiger partial charge is 0.251 e. The zero-order valence-electron chi connectivity index (χ0n) is 12.4. The van der Waals surface area contributed by atoms with E-state index in [0.29, 0.717) is 5.92 Å². The number of carbonyl (C=O) groups is 1. The summed E-state index contributed by atoms with van der Waals surface area (Å²) in [5.74, 6) is 0.784. The van der Waals surface area contributed by atoms with Crippen LogP contribution in [-0.4, -0.2) is 25.5 Å². The molecule has 0 spiro atoms. The van der Waals surface area contributed by atoms with E-state index in [9.17, 15) is 4.79 Å². The van der Waals surface area contributed by atoms with E-state index in [1.807, 2.05) is 32.0 Å². The molecule has 0 aromatic heterocycles. The van der Waals surface area contributed by atoms with Crippen LogP contribution in [0.3, 0.4) is 0 Å². The lowest BCUT2D eigenvalue weighted by atomic mass is 9.96. The fourth-order valence-electron chi connectivity index (χ4n) is 2.82. The Labute approximate surface area is 127 Å². The molecule has 112 valence electrons. The van der Waals surface area contributed by atoms with Crippen molar-refractivity contribution < 1.29 is 4.79 Å². The van der Waals surface area contributed by atoms with Crippen molar-refractivity contribution in [3.05, 3.63) is 34.9 Å². The number of aryl methyl sites for hydroxylation is 2. The van der Waals surface area contributed by atoms with E-state index in [0.717, 1.165) is 42.7 Å². The molecule has 1 aliphatic rings. The maximum atomic E-state index is 12.2. The molecule has 1 atom stereocenters. The first-order chi connectivity index (χ1) is 9.18. The molecule has 2 N–H and O–H groups in total. The number of piperidine rings is 1. The molecule has 4 heteroatoms. The predicted molar refractivity (Wildman–Crippen MR) is 85.7 cm³/mol. The Morgan fingerprint density at radius 2 is 2.05 bits per heavy atom. The van der Waals surface area contributed by atoms with Gasteiger partial charge in [0.1, 0.15) is 0 Å². The van der Waals surface area contributed by atoms with Crippen LogP contribution in [0.25, 0.3) is 0 Å². The van der Waals surface area contributed by atoms with Gasteiger partial charge in [-0.25, -0.2) is 0 Å². The summed E-state index contributed by atoms with van der Waals surface area (Å²) in [5.41, 5.74) is 2.94. The van der Waals surface area contributed by atoms with Gasteiger partial charge in [0.05, 0.1) is 0 Å². The highest BCUT2D eigenvalue weighted by Crippen LogP contribution is 2.15. The van der Waals surface area contributed by atoms with Crippen molar-refractivity contribution in [3.8, 4) is 0 Å². The molecule has 0 bridgehead atoms. The molecular formula is C16H25ClN2O. The Morgan fingerprint density at radius 3 is 2.65 bits per heavy atom. The summed E-state index contributed by atoms with van der Waals surface area (Å²) in [6.45, 7) is 7.00. The average Bonchev–Trinajstić information content (AvgIpc) is 2.40. The average molecular weight is 297 g/mol. The van der Waals surface area contributed by atoms with Gasteiger partial charge in [-0.3, -0.25) is 4.79 Å². The Hall–Kier alpha value is -1.06. The highest BCUT2D eigenvalue weighted by Gasteiger charge is 2.14. The molecule has 1 amide bonds. The normalized spacial score (nSPS) is 18.2. The molecule has 20 heavy (non-hydrogen) atoms. The van der Waals surface area contributed by atoms with Gasteiger partial charge in [-0.15, -0.1) is 12.4 Å². The maximum Gasteiger partial charge on any atom is 0.251 e. The fourth-order valence-corrected chi connectivity index (χ4v) is 2.82. The van der Waals surface area contributed by atoms with E-state index >= 15 is 0 Å². The Bertz CT molecular complexity index is 422. The number of rotatable bonds is 4. The van der Waals surface area contributed by atoms with Gasteiger partial charge in [-0.05, 0) is 63.2 Å². The van der Waals surface area contributed by atoms with Crippen LogP contribution >= 0.6 is 12.4 Å². The van der Waals surface area contributed by atoms with Crippen LogP contribution in [0.1, 0.15) is 40.7 Å². The minimum Gasteiger partial charge on any atom is -0.352 e. The van der Waals surface area contributed by atoms with E-state index in [4.69, 9.17) is 0 Å². The van der Waals surface area contributed by atoms with Crippen LogP contribution in [0.2, 0.25) is 0 Å². The summed E-state index contributed by atoms with van der Waals surface area (Å²) >= 11 is 0. The molecule has 1 fully saturated rings. The quantitative estimate of drug-likeness (QED) is 0.897. The van der Waals surface area contributed by atoms with Crippen molar-refractivity contribution in [1.29, 1.82) is 0 Å². The van der Waals surface area contributed by atoms with E-state index in [-0.39, 0.29) is 18.3 Å². The molecule has 0 aliphatic carbocycles. The molecule has 0 saturated carbocycles. The summed E-state index contributed by atoms with van der Waals surface area (Å²) in [4.78, 5) is 12.2. The van der Waals surface area contributed by atoms with Gasteiger partial charge in [0.2, 0.25) is 0 Å². The number of hydrogen-bond donors (Lipinski definition) is 2. The molecule has 3 nitrogen and oxygen atoms in total. The molecule has 1 aromatic rings. The second-order valence-electron chi connectivity index (χ2n) is 5.52. The van der Waals surface area contributed by atoms with Gasteiger partial charge in [0, 0.05) is 12.1 Å². The fraction of sp³-hybridized carbons (Fsp3) is 0.562. The monoisotopic (exact) mass is 296 g/mol. The van der Waals surface area contributed by atoms with Crippen molar-refractivity contribution in [3.63, 3.8) is 0 Å². The lowest BCUT2D eigenvalue weighted by molar-refractivity contribution is 0.0949.